The largest absolute Gasteiger partial charge is 0.298 e. The number of rotatable bonds is 4. The summed E-state index contributed by atoms with van der Waals surface area (Å²) in [5.41, 5.74) is 3.49. The quantitative estimate of drug-likeness (QED) is 0.755. The number of carbonyl (C=O) groups is 1. The van der Waals surface area contributed by atoms with E-state index in [1.54, 1.807) is 12.4 Å². The second-order valence-electron chi connectivity index (χ2n) is 3.75. The maximum atomic E-state index is 11.1. The van der Waals surface area contributed by atoms with Crippen molar-refractivity contribution in [3.8, 4) is 5.69 Å². The average Bonchev–Trinajstić information content (AvgIpc) is 2.77. The van der Waals surface area contributed by atoms with Gasteiger partial charge in [-0.1, -0.05) is 13.8 Å². The van der Waals surface area contributed by atoms with Crippen LogP contribution in [0.15, 0.2) is 24.5 Å². The molecule has 0 aliphatic rings. The van der Waals surface area contributed by atoms with Crippen molar-refractivity contribution in [3.63, 3.8) is 0 Å². The molecule has 0 saturated heterocycles. The summed E-state index contributed by atoms with van der Waals surface area (Å²) in [4.78, 5) is 15.1. The van der Waals surface area contributed by atoms with E-state index in [2.05, 4.69) is 10.1 Å². The van der Waals surface area contributed by atoms with E-state index in [0.717, 1.165) is 41.8 Å². The maximum absolute atomic E-state index is 11.1. The van der Waals surface area contributed by atoms with Crippen molar-refractivity contribution in [3.05, 3.63) is 41.5 Å². The van der Waals surface area contributed by atoms with Crippen molar-refractivity contribution >= 4 is 6.29 Å². The molecule has 2 aromatic rings. The van der Waals surface area contributed by atoms with E-state index < -0.39 is 0 Å². The molecule has 0 fully saturated rings. The molecule has 0 amide bonds. The lowest BCUT2D eigenvalue weighted by Crippen LogP contribution is -2.02. The van der Waals surface area contributed by atoms with Gasteiger partial charge in [-0.2, -0.15) is 5.10 Å². The van der Waals surface area contributed by atoms with Crippen molar-refractivity contribution in [1.82, 2.24) is 14.8 Å². The first-order chi connectivity index (χ1) is 8.31. The van der Waals surface area contributed by atoms with Gasteiger partial charge in [-0.05, 0) is 25.0 Å². The molecule has 0 unspecified atom stereocenters. The molecule has 0 N–H and O–H groups in total. The minimum Gasteiger partial charge on any atom is -0.298 e. The van der Waals surface area contributed by atoms with Gasteiger partial charge in [0.25, 0.3) is 0 Å². The molecule has 0 bridgehead atoms. The van der Waals surface area contributed by atoms with Crippen LogP contribution in [0.4, 0.5) is 0 Å². The average molecular weight is 229 g/mol. The van der Waals surface area contributed by atoms with Gasteiger partial charge in [-0.25, -0.2) is 4.68 Å². The molecule has 0 aliphatic heterocycles. The molecule has 0 atom stereocenters. The maximum Gasteiger partial charge on any atom is 0.153 e. The third-order valence-corrected chi connectivity index (χ3v) is 2.79. The molecule has 4 nitrogen and oxygen atoms in total. The molecule has 2 aromatic heterocycles. The smallest absolute Gasteiger partial charge is 0.153 e. The summed E-state index contributed by atoms with van der Waals surface area (Å²) in [6, 6.07) is 3.78. The fourth-order valence-electron chi connectivity index (χ4n) is 1.95. The Labute approximate surface area is 100 Å². The predicted molar refractivity (Wildman–Crippen MR) is 65.5 cm³/mol. The van der Waals surface area contributed by atoms with Gasteiger partial charge < -0.3 is 0 Å². The number of aromatic nitrogens is 3. The SMILES string of the molecule is CCc1nn(-c2ccncc2)c(CC)c1C=O. The number of pyridine rings is 1. The molecule has 88 valence electrons. The van der Waals surface area contributed by atoms with Gasteiger partial charge in [-0.3, -0.25) is 9.78 Å². The number of aryl methyl sites for hydroxylation is 1. The van der Waals surface area contributed by atoms with Gasteiger partial charge in [-0.15, -0.1) is 0 Å². The Morgan fingerprint density at radius 2 is 1.94 bits per heavy atom. The number of aldehydes is 1. The Morgan fingerprint density at radius 3 is 2.47 bits per heavy atom. The van der Waals surface area contributed by atoms with Crippen LogP contribution in [0.25, 0.3) is 5.69 Å². The van der Waals surface area contributed by atoms with Gasteiger partial charge in [0, 0.05) is 12.4 Å². The summed E-state index contributed by atoms with van der Waals surface area (Å²) in [5, 5.41) is 4.50. The molecular weight excluding hydrogens is 214 g/mol. The van der Waals surface area contributed by atoms with Gasteiger partial charge in [0.05, 0.1) is 22.6 Å². The molecule has 4 heteroatoms. The Kier molecular flexibility index (Phi) is 3.32. The number of nitrogens with zero attached hydrogens (tertiary/aromatic N) is 3. The molecule has 17 heavy (non-hydrogen) atoms. The van der Waals surface area contributed by atoms with Crippen molar-refractivity contribution < 1.29 is 4.79 Å². The van der Waals surface area contributed by atoms with Crippen molar-refractivity contribution in [2.24, 2.45) is 0 Å². The number of hydrogen-bond acceptors (Lipinski definition) is 3. The van der Waals surface area contributed by atoms with E-state index in [-0.39, 0.29) is 0 Å². The Bertz CT molecular complexity index is 517. The van der Waals surface area contributed by atoms with Gasteiger partial charge >= 0.3 is 0 Å². The van der Waals surface area contributed by atoms with E-state index in [1.807, 2.05) is 30.7 Å². The highest BCUT2D eigenvalue weighted by molar-refractivity contribution is 5.78. The fraction of sp³-hybridized carbons (Fsp3) is 0.308. The summed E-state index contributed by atoms with van der Waals surface area (Å²) in [6.45, 7) is 4.03. The molecule has 0 spiro atoms. The summed E-state index contributed by atoms with van der Waals surface area (Å²) in [6.07, 6.45) is 5.90. The number of hydrogen-bond donors (Lipinski definition) is 0. The van der Waals surface area contributed by atoms with Crippen LogP contribution in [0.5, 0.6) is 0 Å². The highest BCUT2D eigenvalue weighted by Crippen LogP contribution is 2.18. The zero-order valence-electron chi connectivity index (χ0n) is 10.1. The minimum atomic E-state index is 0.729. The molecule has 0 saturated carbocycles. The predicted octanol–water partition coefficient (Wildman–Crippen LogP) is 2.20. The van der Waals surface area contributed by atoms with E-state index in [0.29, 0.717) is 0 Å². The van der Waals surface area contributed by atoms with Crippen LogP contribution in [0.1, 0.15) is 35.6 Å². The molecule has 0 radical (unpaired) electrons. The van der Waals surface area contributed by atoms with Crippen LogP contribution in [0.2, 0.25) is 0 Å². The van der Waals surface area contributed by atoms with Crippen LogP contribution in [0, 0.1) is 0 Å². The van der Waals surface area contributed by atoms with Crippen molar-refractivity contribution in [1.29, 1.82) is 0 Å². The Balaban J connectivity index is 2.62. The topological polar surface area (TPSA) is 47.8 Å². The monoisotopic (exact) mass is 229 g/mol. The van der Waals surface area contributed by atoms with E-state index in [9.17, 15) is 4.79 Å². The third-order valence-electron chi connectivity index (χ3n) is 2.79. The lowest BCUT2D eigenvalue weighted by Gasteiger charge is -2.05. The summed E-state index contributed by atoms with van der Waals surface area (Å²) in [5.74, 6) is 0. The summed E-state index contributed by atoms with van der Waals surface area (Å²) >= 11 is 0. The van der Waals surface area contributed by atoms with Gasteiger partial charge in [0.1, 0.15) is 0 Å². The molecule has 2 heterocycles. The van der Waals surface area contributed by atoms with E-state index >= 15 is 0 Å². The van der Waals surface area contributed by atoms with Crippen LogP contribution in [-0.4, -0.2) is 21.1 Å². The lowest BCUT2D eigenvalue weighted by molar-refractivity contribution is 0.112. The standard InChI is InChI=1S/C13H15N3O/c1-3-12-11(9-17)13(4-2)16(15-12)10-5-7-14-8-6-10/h5-9H,3-4H2,1-2H3. The van der Waals surface area contributed by atoms with Crippen LogP contribution in [0.3, 0.4) is 0 Å². The van der Waals surface area contributed by atoms with Crippen LogP contribution >= 0.6 is 0 Å². The molecule has 0 aromatic carbocycles. The first-order valence-electron chi connectivity index (χ1n) is 5.78. The minimum absolute atomic E-state index is 0.729. The zero-order chi connectivity index (χ0) is 12.3. The van der Waals surface area contributed by atoms with Crippen molar-refractivity contribution in [2.45, 2.75) is 26.7 Å². The lowest BCUT2D eigenvalue weighted by atomic mass is 10.1. The van der Waals surface area contributed by atoms with E-state index in [1.165, 1.54) is 0 Å². The van der Waals surface area contributed by atoms with Gasteiger partial charge in [0.2, 0.25) is 0 Å². The summed E-state index contributed by atoms with van der Waals surface area (Å²) in [7, 11) is 0. The first kappa shape index (κ1) is 11.5. The van der Waals surface area contributed by atoms with Gasteiger partial charge in [0.15, 0.2) is 6.29 Å². The fourth-order valence-corrected chi connectivity index (χ4v) is 1.95. The molecular formula is C13H15N3O. The number of carbonyl (C=O) groups excluding carboxylic acids is 1. The molecule has 0 aliphatic carbocycles. The van der Waals surface area contributed by atoms with E-state index in [4.69, 9.17) is 0 Å². The third kappa shape index (κ3) is 1.98. The first-order valence-corrected chi connectivity index (χ1v) is 5.78. The Morgan fingerprint density at radius 1 is 1.24 bits per heavy atom. The molecule has 2 rings (SSSR count). The van der Waals surface area contributed by atoms with Crippen LogP contribution < -0.4 is 0 Å². The second kappa shape index (κ2) is 4.91. The zero-order valence-corrected chi connectivity index (χ0v) is 10.1. The van der Waals surface area contributed by atoms with Crippen LogP contribution in [-0.2, 0) is 12.8 Å². The van der Waals surface area contributed by atoms with Crippen molar-refractivity contribution in [2.75, 3.05) is 0 Å². The summed E-state index contributed by atoms with van der Waals surface area (Å²) < 4.78 is 1.84. The Hall–Kier alpha value is -1.97. The highest BCUT2D eigenvalue weighted by atomic mass is 16.1. The second-order valence-corrected chi connectivity index (χ2v) is 3.75. The highest BCUT2D eigenvalue weighted by Gasteiger charge is 2.15. The normalized spacial score (nSPS) is 10.5.